The van der Waals surface area contributed by atoms with Crippen molar-refractivity contribution in [3.05, 3.63) is 39.9 Å². The number of hydrogen-bond acceptors (Lipinski definition) is 8. The average molecular weight is 402 g/mol. The fourth-order valence-corrected chi connectivity index (χ4v) is 4.01. The number of rotatable bonds is 4. The maximum atomic E-state index is 12.9. The number of nitrogens with one attached hydrogen (secondary N) is 1. The van der Waals surface area contributed by atoms with Gasteiger partial charge in [-0.25, -0.2) is 4.98 Å². The lowest BCUT2D eigenvalue weighted by molar-refractivity contribution is 0.0732. The molecule has 0 fully saturated rings. The number of methoxy groups -OCH3 is 1. The van der Waals surface area contributed by atoms with Crippen LogP contribution in [0.3, 0.4) is 0 Å². The second-order valence-electron chi connectivity index (χ2n) is 6.37. The second kappa shape index (κ2) is 7.08. The molecule has 0 atom stereocenters. The molecule has 0 spiro atoms. The second-order valence-corrected chi connectivity index (χ2v) is 7.45. The SMILES string of the molecule is COc1nn(C)cc1C(=O)N1CCc2nc(NC(=O)c3cc(C)on3)sc2C1. The Bertz CT molecular complexity index is 1050. The molecule has 146 valence electrons. The maximum Gasteiger partial charge on any atom is 0.279 e. The van der Waals surface area contributed by atoms with Gasteiger partial charge in [-0.1, -0.05) is 16.5 Å². The molecule has 3 aromatic heterocycles. The highest BCUT2D eigenvalue weighted by molar-refractivity contribution is 7.15. The number of hydrogen-bond donors (Lipinski definition) is 1. The summed E-state index contributed by atoms with van der Waals surface area (Å²) < 4.78 is 11.7. The molecule has 10 nitrogen and oxygen atoms in total. The first-order valence-corrected chi connectivity index (χ1v) is 9.36. The summed E-state index contributed by atoms with van der Waals surface area (Å²) in [7, 11) is 3.23. The Labute approximate surface area is 164 Å². The molecule has 0 saturated heterocycles. The minimum Gasteiger partial charge on any atom is -0.479 e. The normalized spacial score (nSPS) is 13.3. The Hall–Kier alpha value is -3.21. The summed E-state index contributed by atoms with van der Waals surface area (Å²) in [5, 5.41) is 11.0. The molecule has 4 heterocycles. The third-order valence-corrected chi connectivity index (χ3v) is 5.32. The van der Waals surface area contributed by atoms with Gasteiger partial charge in [0.15, 0.2) is 10.8 Å². The van der Waals surface area contributed by atoms with Crippen LogP contribution in [0.1, 0.15) is 37.2 Å². The number of ether oxygens (including phenoxy) is 1. The number of aryl methyl sites for hydroxylation is 2. The molecule has 0 saturated carbocycles. The van der Waals surface area contributed by atoms with Crippen molar-refractivity contribution in [2.24, 2.45) is 7.05 Å². The van der Waals surface area contributed by atoms with Gasteiger partial charge in [-0.05, 0) is 6.92 Å². The Morgan fingerprint density at radius 3 is 2.93 bits per heavy atom. The summed E-state index contributed by atoms with van der Waals surface area (Å²) >= 11 is 1.35. The van der Waals surface area contributed by atoms with Crippen LogP contribution in [-0.2, 0) is 20.0 Å². The van der Waals surface area contributed by atoms with E-state index in [-0.39, 0.29) is 17.5 Å². The van der Waals surface area contributed by atoms with Crippen LogP contribution < -0.4 is 10.1 Å². The first-order chi connectivity index (χ1) is 13.4. The van der Waals surface area contributed by atoms with Crippen molar-refractivity contribution < 1.29 is 18.8 Å². The van der Waals surface area contributed by atoms with E-state index in [0.717, 1.165) is 10.6 Å². The number of fused-ring (bicyclic) bond motifs is 1. The van der Waals surface area contributed by atoms with E-state index >= 15 is 0 Å². The molecule has 0 aliphatic carbocycles. The predicted octanol–water partition coefficient (Wildman–Crippen LogP) is 1.63. The van der Waals surface area contributed by atoms with Crippen LogP contribution in [0.25, 0.3) is 0 Å². The molecule has 4 rings (SSSR count). The predicted molar refractivity (Wildman–Crippen MR) is 99.5 cm³/mol. The molecule has 1 N–H and O–H groups in total. The lowest BCUT2D eigenvalue weighted by Gasteiger charge is -2.25. The van der Waals surface area contributed by atoms with Crippen LogP contribution in [0, 0.1) is 6.92 Å². The van der Waals surface area contributed by atoms with Crippen LogP contribution in [0.4, 0.5) is 5.13 Å². The third-order valence-electron chi connectivity index (χ3n) is 4.32. The molecule has 0 aromatic carbocycles. The van der Waals surface area contributed by atoms with Crippen LogP contribution in [0.15, 0.2) is 16.8 Å². The lowest BCUT2D eigenvalue weighted by Crippen LogP contribution is -2.35. The van der Waals surface area contributed by atoms with E-state index in [1.807, 2.05) is 0 Å². The monoisotopic (exact) mass is 402 g/mol. The van der Waals surface area contributed by atoms with Crippen LogP contribution in [0.5, 0.6) is 5.88 Å². The zero-order chi connectivity index (χ0) is 19.8. The van der Waals surface area contributed by atoms with Crippen LogP contribution in [0.2, 0.25) is 0 Å². The maximum absolute atomic E-state index is 12.9. The minimum absolute atomic E-state index is 0.146. The molecule has 2 amide bonds. The van der Waals surface area contributed by atoms with Gasteiger partial charge in [-0.15, -0.1) is 5.10 Å². The number of anilines is 1. The van der Waals surface area contributed by atoms with E-state index in [4.69, 9.17) is 9.26 Å². The molecule has 1 aliphatic rings. The lowest BCUT2D eigenvalue weighted by atomic mass is 10.1. The van der Waals surface area contributed by atoms with Crippen molar-refractivity contribution in [2.75, 3.05) is 19.0 Å². The van der Waals surface area contributed by atoms with E-state index in [1.165, 1.54) is 18.4 Å². The van der Waals surface area contributed by atoms with E-state index in [9.17, 15) is 9.59 Å². The van der Waals surface area contributed by atoms with Crippen molar-refractivity contribution in [2.45, 2.75) is 19.9 Å². The highest BCUT2D eigenvalue weighted by Crippen LogP contribution is 2.30. The van der Waals surface area contributed by atoms with Crippen LogP contribution in [-0.4, -0.2) is 50.3 Å². The zero-order valence-corrected chi connectivity index (χ0v) is 16.4. The summed E-state index contributed by atoms with van der Waals surface area (Å²) in [6.45, 7) is 2.67. The van der Waals surface area contributed by atoms with Gasteiger partial charge in [-0.3, -0.25) is 19.6 Å². The van der Waals surface area contributed by atoms with Gasteiger partial charge in [0.05, 0.1) is 19.3 Å². The molecule has 28 heavy (non-hydrogen) atoms. The summed E-state index contributed by atoms with van der Waals surface area (Å²) in [6, 6.07) is 1.56. The van der Waals surface area contributed by atoms with Gasteiger partial charge in [0.1, 0.15) is 11.3 Å². The quantitative estimate of drug-likeness (QED) is 0.705. The van der Waals surface area contributed by atoms with E-state index in [0.29, 0.717) is 41.8 Å². The minimum atomic E-state index is -0.379. The Morgan fingerprint density at radius 1 is 1.39 bits per heavy atom. The van der Waals surface area contributed by atoms with Crippen molar-refractivity contribution in [3.63, 3.8) is 0 Å². The van der Waals surface area contributed by atoms with Crippen molar-refractivity contribution in [3.8, 4) is 5.88 Å². The summed E-state index contributed by atoms with van der Waals surface area (Å²) in [5.74, 6) is 0.339. The number of carbonyl (C=O) groups excluding carboxylic acids is 2. The first kappa shape index (κ1) is 18.2. The fourth-order valence-electron chi connectivity index (χ4n) is 2.99. The van der Waals surface area contributed by atoms with E-state index < -0.39 is 0 Å². The number of aromatic nitrogens is 4. The van der Waals surface area contributed by atoms with Gasteiger partial charge < -0.3 is 14.2 Å². The van der Waals surface area contributed by atoms with Crippen molar-refractivity contribution >= 4 is 28.3 Å². The Morgan fingerprint density at radius 2 is 2.21 bits per heavy atom. The smallest absolute Gasteiger partial charge is 0.279 e. The number of thiazole rings is 1. The summed E-state index contributed by atoms with van der Waals surface area (Å²) in [4.78, 5) is 32.2. The Kier molecular flexibility index (Phi) is 4.59. The molecule has 1 aliphatic heterocycles. The largest absolute Gasteiger partial charge is 0.479 e. The number of carbonyl (C=O) groups is 2. The first-order valence-electron chi connectivity index (χ1n) is 8.54. The Balaban J connectivity index is 1.48. The third kappa shape index (κ3) is 3.36. The molecule has 0 unspecified atom stereocenters. The number of nitrogens with zero attached hydrogens (tertiary/aromatic N) is 5. The van der Waals surface area contributed by atoms with Crippen LogP contribution >= 0.6 is 11.3 Å². The highest BCUT2D eigenvalue weighted by Gasteiger charge is 2.28. The molecule has 3 aromatic rings. The topological polar surface area (TPSA) is 115 Å². The molecule has 0 bridgehead atoms. The average Bonchev–Trinajstić information content (AvgIpc) is 3.37. The summed E-state index contributed by atoms with van der Waals surface area (Å²) in [6.07, 6.45) is 2.26. The number of amides is 2. The zero-order valence-electron chi connectivity index (χ0n) is 15.6. The molecule has 11 heteroatoms. The summed E-state index contributed by atoms with van der Waals surface area (Å²) in [5.41, 5.74) is 1.51. The standard InChI is InChI=1S/C17H18N6O4S/c1-9-6-12(21-27-9)14(24)19-17-18-11-4-5-23(8-13(11)28-17)16(25)10-7-22(2)20-15(10)26-3/h6-7H,4-5,8H2,1-3H3,(H,18,19,24). The van der Waals surface area contributed by atoms with Crippen molar-refractivity contribution in [1.29, 1.82) is 0 Å². The fraction of sp³-hybridized carbons (Fsp3) is 0.353. The molecule has 0 radical (unpaired) electrons. The van der Waals surface area contributed by atoms with Gasteiger partial charge in [0, 0.05) is 37.2 Å². The van der Waals surface area contributed by atoms with Crippen molar-refractivity contribution in [1.82, 2.24) is 24.8 Å². The molecular weight excluding hydrogens is 384 g/mol. The van der Waals surface area contributed by atoms with Gasteiger partial charge >= 0.3 is 0 Å². The van der Waals surface area contributed by atoms with Gasteiger partial charge in [0.25, 0.3) is 11.8 Å². The van der Waals surface area contributed by atoms with Gasteiger partial charge in [0.2, 0.25) is 5.88 Å². The van der Waals surface area contributed by atoms with Gasteiger partial charge in [-0.2, -0.15) is 0 Å². The molecular formula is C17H18N6O4S. The highest BCUT2D eigenvalue weighted by atomic mass is 32.1. The van der Waals surface area contributed by atoms with E-state index in [1.54, 1.807) is 35.8 Å². The van der Waals surface area contributed by atoms with E-state index in [2.05, 4.69) is 20.6 Å².